The minimum absolute atomic E-state index is 0.0472. The Bertz CT molecular complexity index is 1040. The van der Waals surface area contributed by atoms with Crippen LogP contribution in [-0.2, 0) is 11.3 Å². The smallest absolute Gasteiger partial charge is 0.262 e. The molecule has 1 amide bonds. The monoisotopic (exact) mass is 361 g/mol. The number of hydrogen-bond donors (Lipinski definition) is 1. The highest BCUT2D eigenvalue weighted by molar-refractivity contribution is 6.04. The number of halogens is 1. The van der Waals surface area contributed by atoms with Crippen molar-refractivity contribution in [3.8, 4) is 6.07 Å². The molecule has 0 unspecified atom stereocenters. The third-order valence-corrected chi connectivity index (χ3v) is 4.17. The van der Waals surface area contributed by atoms with Gasteiger partial charge in [-0.15, -0.1) is 0 Å². The summed E-state index contributed by atoms with van der Waals surface area (Å²) >= 11 is 0. The highest BCUT2D eigenvalue weighted by Gasteiger charge is 2.13. The van der Waals surface area contributed by atoms with Crippen LogP contribution < -0.4 is 5.32 Å². The number of fused-ring (bicyclic) bond motifs is 1. The summed E-state index contributed by atoms with van der Waals surface area (Å²) in [6, 6.07) is 16.1. The maximum atomic E-state index is 13.1. The predicted molar refractivity (Wildman–Crippen MR) is 104 cm³/mol. The molecule has 0 saturated heterocycles. The van der Waals surface area contributed by atoms with Gasteiger partial charge in [-0.1, -0.05) is 30.3 Å². The van der Waals surface area contributed by atoms with Crippen molar-refractivity contribution >= 4 is 22.9 Å². The third-order valence-electron chi connectivity index (χ3n) is 4.17. The molecule has 136 valence electrons. The van der Waals surface area contributed by atoms with Crippen molar-refractivity contribution < 1.29 is 9.18 Å². The summed E-state index contributed by atoms with van der Waals surface area (Å²) in [5.41, 5.74) is 2.80. The van der Waals surface area contributed by atoms with Crippen molar-refractivity contribution in [2.24, 2.45) is 0 Å². The van der Waals surface area contributed by atoms with E-state index in [1.165, 1.54) is 12.1 Å². The Kier molecular flexibility index (Phi) is 5.37. The molecular formula is C22H20FN3O. The van der Waals surface area contributed by atoms with Gasteiger partial charge in [0, 0.05) is 35.2 Å². The molecule has 0 radical (unpaired) electrons. The molecule has 3 rings (SSSR count). The Labute approximate surface area is 157 Å². The topological polar surface area (TPSA) is 57.8 Å². The van der Waals surface area contributed by atoms with Crippen LogP contribution in [0.25, 0.3) is 17.0 Å². The molecule has 0 aliphatic carbocycles. The number of hydrogen-bond acceptors (Lipinski definition) is 2. The fraction of sp³-hybridized carbons (Fsp3) is 0.182. The van der Waals surface area contributed by atoms with Gasteiger partial charge >= 0.3 is 0 Å². The zero-order valence-electron chi connectivity index (χ0n) is 15.2. The SMILES string of the molecule is CC(C)NC(=O)/C(C#N)=C\c1cn(Cc2ccc(F)cc2)c2ccccc12. The summed E-state index contributed by atoms with van der Waals surface area (Å²) < 4.78 is 15.2. The lowest BCUT2D eigenvalue weighted by Crippen LogP contribution is -2.30. The van der Waals surface area contributed by atoms with E-state index in [4.69, 9.17) is 0 Å². The minimum Gasteiger partial charge on any atom is -0.349 e. The molecule has 3 aromatic rings. The molecule has 1 heterocycles. The lowest BCUT2D eigenvalue weighted by atomic mass is 10.1. The fourth-order valence-corrected chi connectivity index (χ4v) is 2.95. The molecule has 4 nitrogen and oxygen atoms in total. The van der Waals surface area contributed by atoms with E-state index < -0.39 is 0 Å². The molecule has 5 heteroatoms. The average Bonchev–Trinajstić information content (AvgIpc) is 2.98. The van der Waals surface area contributed by atoms with Gasteiger partial charge in [-0.2, -0.15) is 5.26 Å². The summed E-state index contributed by atoms with van der Waals surface area (Å²) in [4.78, 5) is 12.2. The van der Waals surface area contributed by atoms with E-state index >= 15 is 0 Å². The van der Waals surface area contributed by atoms with E-state index in [-0.39, 0.29) is 23.3 Å². The molecule has 0 aliphatic heterocycles. The number of para-hydroxylation sites is 1. The van der Waals surface area contributed by atoms with E-state index in [1.807, 2.05) is 54.9 Å². The Balaban J connectivity index is 2.01. The number of aromatic nitrogens is 1. The maximum absolute atomic E-state index is 13.1. The molecule has 0 bridgehead atoms. The Morgan fingerprint density at radius 3 is 2.59 bits per heavy atom. The molecule has 0 fully saturated rings. The second-order valence-corrected chi connectivity index (χ2v) is 6.65. The van der Waals surface area contributed by atoms with Crippen molar-refractivity contribution in [3.05, 3.63) is 77.2 Å². The molecule has 0 aliphatic rings. The number of nitrogens with zero attached hydrogens (tertiary/aromatic N) is 2. The fourth-order valence-electron chi connectivity index (χ4n) is 2.95. The molecule has 2 aromatic carbocycles. The van der Waals surface area contributed by atoms with Crippen molar-refractivity contribution in [1.82, 2.24) is 9.88 Å². The first-order chi connectivity index (χ1) is 13.0. The lowest BCUT2D eigenvalue weighted by Gasteiger charge is -2.06. The first kappa shape index (κ1) is 18.4. The molecule has 1 aromatic heterocycles. The van der Waals surface area contributed by atoms with Gasteiger partial charge < -0.3 is 9.88 Å². The number of carbonyl (C=O) groups is 1. The standard InChI is InChI=1S/C22H20FN3O/c1-15(2)25-22(27)17(12-24)11-18-14-26(21-6-4-3-5-20(18)21)13-16-7-9-19(23)10-8-16/h3-11,14-15H,13H2,1-2H3,(H,25,27)/b17-11-. The van der Waals surface area contributed by atoms with Crippen LogP contribution in [0.5, 0.6) is 0 Å². The molecular weight excluding hydrogens is 341 g/mol. The summed E-state index contributed by atoms with van der Waals surface area (Å²) in [6.45, 7) is 4.26. The minimum atomic E-state index is -0.386. The molecule has 0 atom stereocenters. The van der Waals surface area contributed by atoms with Gasteiger partial charge in [-0.05, 0) is 43.7 Å². The average molecular weight is 361 g/mol. The van der Waals surface area contributed by atoms with Crippen molar-refractivity contribution in [2.45, 2.75) is 26.4 Å². The van der Waals surface area contributed by atoms with E-state index in [2.05, 4.69) is 5.32 Å². The predicted octanol–water partition coefficient (Wildman–Crippen LogP) is 4.26. The largest absolute Gasteiger partial charge is 0.349 e. The van der Waals surface area contributed by atoms with Crippen LogP contribution in [0, 0.1) is 17.1 Å². The van der Waals surface area contributed by atoms with Gasteiger partial charge in [0.1, 0.15) is 17.5 Å². The van der Waals surface area contributed by atoms with E-state index in [9.17, 15) is 14.4 Å². The van der Waals surface area contributed by atoms with Gasteiger partial charge in [-0.3, -0.25) is 4.79 Å². The number of nitrogens with one attached hydrogen (secondary N) is 1. The highest BCUT2D eigenvalue weighted by atomic mass is 19.1. The van der Waals surface area contributed by atoms with Crippen LogP contribution in [0.15, 0.2) is 60.3 Å². The molecule has 0 saturated carbocycles. The number of nitriles is 1. The van der Waals surface area contributed by atoms with Gasteiger partial charge in [0.05, 0.1) is 0 Å². The van der Waals surface area contributed by atoms with Gasteiger partial charge in [0.2, 0.25) is 0 Å². The van der Waals surface area contributed by atoms with E-state index in [0.717, 1.165) is 22.0 Å². The van der Waals surface area contributed by atoms with Crippen LogP contribution in [-0.4, -0.2) is 16.5 Å². The van der Waals surface area contributed by atoms with Crippen LogP contribution in [0.2, 0.25) is 0 Å². The number of amides is 1. The second-order valence-electron chi connectivity index (χ2n) is 6.65. The quantitative estimate of drug-likeness (QED) is 0.545. The summed E-state index contributed by atoms with van der Waals surface area (Å²) in [6.07, 6.45) is 3.52. The summed E-state index contributed by atoms with van der Waals surface area (Å²) in [5.74, 6) is -0.655. The van der Waals surface area contributed by atoms with Gasteiger partial charge in [0.15, 0.2) is 0 Å². The van der Waals surface area contributed by atoms with Crippen LogP contribution >= 0.6 is 0 Å². The number of carbonyl (C=O) groups excluding carboxylic acids is 1. The molecule has 1 N–H and O–H groups in total. The number of rotatable bonds is 5. The normalized spacial score (nSPS) is 11.6. The molecule has 0 spiro atoms. The summed E-state index contributed by atoms with van der Waals surface area (Å²) in [5, 5.41) is 13.1. The highest BCUT2D eigenvalue weighted by Crippen LogP contribution is 2.24. The van der Waals surface area contributed by atoms with Crippen LogP contribution in [0.1, 0.15) is 25.0 Å². The van der Waals surface area contributed by atoms with E-state index in [1.54, 1.807) is 18.2 Å². The van der Waals surface area contributed by atoms with Gasteiger partial charge in [0.25, 0.3) is 5.91 Å². The first-order valence-electron chi connectivity index (χ1n) is 8.73. The second kappa shape index (κ2) is 7.88. The molecule has 27 heavy (non-hydrogen) atoms. The summed E-state index contributed by atoms with van der Waals surface area (Å²) in [7, 11) is 0. The maximum Gasteiger partial charge on any atom is 0.262 e. The van der Waals surface area contributed by atoms with Crippen molar-refractivity contribution in [3.63, 3.8) is 0 Å². The first-order valence-corrected chi connectivity index (χ1v) is 8.73. The zero-order chi connectivity index (χ0) is 19.4. The van der Waals surface area contributed by atoms with E-state index in [0.29, 0.717) is 6.54 Å². The Morgan fingerprint density at radius 1 is 1.22 bits per heavy atom. The van der Waals surface area contributed by atoms with Crippen LogP contribution in [0.3, 0.4) is 0 Å². The lowest BCUT2D eigenvalue weighted by molar-refractivity contribution is -0.117. The zero-order valence-corrected chi connectivity index (χ0v) is 15.2. The Hall–Kier alpha value is -3.39. The third kappa shape index (κ3) is 4.24. The van der Waals surface area contributed by atoms with Crippen LogP contribution in [0.4, 0.5) is 4.39 Å². The number of benzene rings is 2. The van der Waals surface area contributed by atoms with Gasteiger partial charge in [-0.25, -0.2) is 4.39 Å². The Morgan fingerprint density at radius 2 is 1.93 bits per heavy atom. The van der Waals surface area contributed by atoms with Crippen molar-refractivity contribution in [2.75, 3.05) is 0 Å². The van der Waals surface area contributed by atoms with Crippen molar-refractivity contribution in [1.29, 1.82) is 5.26 Å².